The van der Waals surface area contributed by atoms with Crippen LogP contribution in [0.5, 0.6) is 5.75 Å². The van der Waals surface area contributed by atoms with Gasteiger partial charge >= 0.3 is 6.18 Å². The minimum Gasteiger partial charge on any atom is -0.495 e. The molecule has 6 heteroatoms. The molecule has 0 unspecified atom stereocenters. The third kappa shape index (κ3) is 2.37. The van der Waals surface area contributed by atoms with Gasteiger partial charge in [0.05, 0.1) is 18.2 Å². The van der Waals surface area contributed by atoms with Crippen molar-refractivity contribution in [2.75, 3.05) is 7.11 Å². The molecule has 2 nitrogen and oxygen atoms in total. The van der Waals surface area contributed by atoms with Gasteiger partial charge in [-0.05, 0) is 35.0 Å². The summed E-state index contributed by atoms with van der Waals surface area (Å²) in [6, 6.07) is 2.05. The zero-order valence-corrected chi connectivity index (χ0v) is 10.1. The molecule has 0 radical (unpaired) electrons. The minimum absolute atomic E-state index is 0.0997. The Morgan fingerprint density at radius 3 is 2.31 bits per heavy atom. The summed E-state index contributed by atoms with van der Waals surface area (Å²) >= 11 is 3.02. The van der Waals surface area contributed by atoms with Crippen LogP contribution < -0.4 is 4.74 Å². The average Bonchev–Trinajstić information content (AvgIpc) is 2.14. The first-order chi connectivity index (χ1) is 7.29. The number of halogens is 4. The van der Waals surface area contributed by atoms with Crippen molar-refractivity contribution in [3.05, 3.63) is 27.7 Å². The summed E-state index contributed by atoms with van der Waals surface area (Å²) in [7, 11) is 1.10. The third-order valence-corrected chi connectivity index (χ3v) is 2.63. The Morgan fingerprint density at radius 2 is 1.94 bits per heavy atom. The van der Waals surface area contributed by atoms with Crippen LogP contribution >= 0.6 is 15.9 Å². The molecular weight excluding hydrogens is 289 g/mol. The SMILES string of the molecule is COc1c(C(F)(F)F)ccc(Br)c1C(C)=O. The molecule has 0 saturated heterocycles. The molecule has 0 N–H and O–H groups in total. The molecule has 0 atom stereocenters. The quantitative estimate of drug-likeness (QED) is 0.778. The van der Waals surface area contributed by atoms with Gasteiger partial charge in [-0.1, -0.05) is 0 Å². The number of hydrogen-bond donors (Lipinski definition) is 0. The van der Waals surface area contributed by atoms with Gasteiger partial charge in [-0.2, -0.15) is 13.2 Å². The molecule has 0 fully saturated rings. The number of carbonyl (C=O) groups is 1. The Labute approximate surface area is 98.5 Å². The van der Waals surface area contributed by atoms with E-state index in [9.17, 15) is 18.0 Å². The second kappa shape index (κ2) is 4.45. The standard InChI is InChI=1S/C10H8BrF3O2/c1-5(15)8-7(11)4-3-6(9(8)16-2)10(12,13)14/h3-4H,1-2H3. The maximum absolute atomic E-state index is 12.6. The smallest absolute Gasteiger partial charge is 0.419 e. The van der Waals surface area contributed by atoms with Crippen molar-refractivity contribution in [1.82, 2.24) is 0 Å². The van der Waals surface area contributed by atoms with Crippen LogP contribution in [0.1, 0.15) is 22.8 Å². The van der Waals surface area contributed by atoms with Crippen LogP contribution in [0, 0.1) is 0 Å². The van der Waals surface area contributed by atoms with Crippen LogP contribution in [0.25, 0.3) is 0 Å². The highest BCUT2D eigenvalue weighted by atomic mass is 79.9. The normalized spacial score (nSPS) is 11.4. The first-order valence-electron chi connectivity index (χ1n) is 4.23. The van der Waals surface area contributed by atoms with E-state index < -0.39 is 23.3 Å². The van der Waals surface area contributed by atoms with Crippen molar-refractivity contribution in [2.45, 2.75) is 13.1 Å². The van der Waals surface area contributed by atoms with Gasteiger partial charge in [0.2, 0.25) is 0 Å². The molecule has 0 aromatic heterocycles. The minimum atomic E-state index is -4.55. The predicted molar refractivity (Wildman–Crippen MR) is 55.7 cm³/mol. The van der Waals surface area contributed by atoms with Crippen molar-refractivity contribution in [1.29, 1.82) is 0 Å². The fourth-order valence-corrected chi connectivity index (χ4v) is 1.91. The topological polar surface area (TPSA) is 26.3 Å². The highest BCUT2D eigenvalue weighted by molar-refractivity contribution is 9.10. The van der Waals surface area contributed by atoms with Gasteiger partial charge < -0.3 is 4.74 Å². The Hall–Kier alpha value is -1.04. The number of benzene rings is 1. The zero-order chi connectivity index (χ0) is 12.5. The van der Waals surface area contributed by atoms with Crippen molar-refractivity contribution in [3.63, 3.8) is 0 Å². The van der Waals surface area contributed by atoms with Crippen LogP contribution in [0.4, 0.5) is 13.2 Å². The van der Waals surface area contributed by atoms with E-state index in [4.69, 9.17) is 0 Å². The summed E-state index contributed by atoms with van der Waals surface area (Å²) in [4.78, 5) is 11.2. The molecule has 0 aliphatic carbocycles. The summed E-state index contributed by atoms with van der Waals surface area (Å²) in [5.41, 5.74) is -1.05. The number of rotatable bonds is 2. The average molecular weight is 297 g/mol. The van der Waals surface area contributed by atoms with Crippen LogP contribution in [0.3, 0.4) is 0 Å². The predicted octanol–water partition coefficient (Wildman–Crippen LogP) is 3.68. The second-order valence-electron chi connectivity index (χ2n) is 3.06. The Kier molecular flexibility index (Phi) is 3.62. The Bertz CT molecular complexity index is 427. The van der Waals surface area contributed by atoms with Gasteiger partial charge in [0.1, 0.15) is 5.75 Å². The van der Waals surface area contributed by atoms with Gasteiger partial charge in [-0.3, -0.25) is 4.79 Å². The fraction of sp³-hybridized carbons (Fsp3) is 0.300. The first-order valence-corrected chi connectivity index (χ1v) is 5.03. The number of ether oxygens (including phenoxy) is 1. The van der Waals surface area contributed by atoms with E-state index in [1.165, 1.54) is 13.0 Å². The molecule has 0 spiro atoms. The van der Waals surface area contributed by atoms with Gasteiger partial charge in [-0.15, -0.1) is 0 Å². The lowest BCUT2D eigenvalue weighted by Crippen LogP contribution is -2.11. The molecule has 0 saturated carbocycles. The Morgan fingerprint density at radius 1 is 1.38 bits per heavy atom. The summed E-state index contributed by atoms with van der Waals surface area (Å²) in [6.07, 6.45) is -4.55. The number of hydrogen-bond acceptors (Lipinski definition) is 2. The molecule has 1 aromatic rings. The van der Waals surface area contributed by atoms with E-state index in [0.29, 0.717) is 0 Å². The maximum Gasteiger partial charge on any atom is 0.419 e. The lowest BCUT2D eigenvalue weighted by molar-refractivity contribution is -0.138. The van der Waals surface area contributed by atoms with Gasteiger partial charge in [-0.25, -0.2) is 0 Å². The third-order valence-electron chi connectivity index (χ3n) is 1.97. The van der Waals surface area contributed by atoms with Gasteiger partial charge in [0.25, 0.3) is 0 Å². The highest BCUT2D eigenvalue weighted by Gasteiger charge is 2.36. The van der Waals surface area contributed by atoms with Gasteiger partial charge in [0, 0.05) is 4.47 Å². The second-order valence-corrected chi connectivity index (χ2v) is 3.91. The van der Waals surface area contributed by atoms with Gasteiger partial charge in [0.15, 0.2) is 5.78 Å². The molecule has 0 aliphatic heterocycles. The summed E-state index contributed by atoms with van der Waals surface area (Å²) in [5, 5.41) is 0. The van der Waals surface area contributed by atoms with Crippen molar-refractivity contribution in [2.24, 2.45) is 0 Å². The molecule has 1 aromatic carbocycles. The molecule has 88 valence electrons. The molecule has 1 rings (SSSR count). The van der Waals surface area contributed by atoms with Crippen LogP contribution in [0.2, 0.25) is 0 Å². The highest BCUT2D eigenvalue weighted by Crippen LogP contribution is 2.40. The van der Waals surface area contributed by atoms with Crippen LogP contribution in [-0.4, -0.2) is 12.9 Å². The van der Waals surface area contributed by atoms with E-state index in [2.05, 4.69) is 20.7 Å². The molecular formula is C10H8BrF3O2. The van der Waals surface area contributed by atoms with E-state index >= 15 is 0 Å². The lowest BCUT2D eigenvalue weighted by Gasteiger charge is -2.15. The molecule has 16 heavy (non-hydrogen) atoms. The fourth-order valence-electron chi connectivity index (χ4n) is 1.32. The van der Waals surface area contributed by atoms with Crippen molar-refractivity contribution >= 4 is 21.7 Å². The maximum atomic E-state index is 12.6. The number of carbonyl (C=O) groups excluding carboxylic acids is 1. The molecule has 0 amide bonds. The van der Waals surface area contributed by atoms with E-state index in [1.54, 1.807) is 0 Å². The summed E-state index contributed by atoms with van der Waals surface area (Å²) < 4.78 is 42.8. The molecule has 0 heterocycles. The lowest BCUT2D eigenvalue weighted by atomic mass is 10.1. The van der Waals surface area contributed by atoms with E-state index in [1.807, 2.05) is 0 Å². The first kappa shape index (κ1) is 13.0. The van der Waals surface area contributed by atoms with E-state index in [0.717, 1.165) is 13.2 Å². The molecule has 0 aliphatic rings. The number of ketones is 1. The monoisotopic (exact) mass is 296 g/mol. The number of alkyl halides is 3. The number of Topliss-reactive ketones (excluding diaryl/α,β-unsaturated/α-hetero) is 1. The summed E-state index contributed by atoms with van der Waals surface area (Å²) in [5.74, 6) is -0.941. The van der Waals surface area contributed by atoms with E-state index in [-0.39, 0.29) is 10.0 Å². The summed E-state index contributed by atoms with van der Waals surface area (Å²) in [6.45, 7) is 1.18. The van der Waals surface area contributed by atoms with Crippen molar-refractivity contribution in [3.8, 4) is 5.75 Å². The number of methoxy groups -OCH3 is 1. The van der Waals surface area contributed by atoms with Crippen LogP contribution in [-0.2, 0) is 6.18 Å². The largest absolute Gasteiger partial charge is 0.495 e. The Balaban J connectivity index is 3.56. The molecule has 0 bridgehead atoms. The van der Waals surface area contributed by atoms with Crippen molar-refractivity contribution < 1.29 is 22.7 Å². The zero-order valence-electron chi connectivity index (χ0n) is 8.48. The van der Waals surface area contributed by atoms with Crippen LogP contribution in [0.15, 0.2) is 16.6 Å².